The minimum Gasteiger partial charge on any atom is -0.349 e. The third-order valence-electron chi connectivity index (χ3n) is 4.28. The first-order chi connectivity index (χ1) is 13.7. The number of nitrogens with one attached hydrogen (secondary N) is 1. The fourth-order valence-corrected chi connectivity index (χ4v) is 4.05. The van der Waals surface area contributed by atoms with Crippen LogP contribution in [0, 0.1) is 5.82 Å². The summed E-state index contributed by atoms with van der Waals surface area (Å²) in [6.45, 7) is -0.381. The van der Waals surface area contributed by atoms with Gasteiger partial charge < -0.3 is 15.1 Å². The van der Waals surface area contributed by atoms with E-state index in [0.717, 1.165) is 0 Å². The van der Waals surface area contributed by atoms with Crippen LogP contribution >= 0.6 is 0 Å². The number of amidine groups is 1. The summed E-state index contributed by atoms with van der Waals surface area (Å²) < 4.78 is 41.0. The third-order valence-corrected chi connectivity index (χ3v) is 5.61. The van der Waals surface area contributed by atoms with E-state index in [-0.39, 0.29) is 23.8 Å². The lowest BCUT2D eigenvalue weighted by Gasteiger charge is -2.23. The van der Waals surface area contributed by atoms with E-state index in [2.05, 4.69) is 9.71 Å². The number of rotatable bonds is 5. The average molecular weight is 418 g/mol. The summed E-state index contributed by atoms with van der Waals surface area (Å²) in [7, 11) is -0.766. The zero-order valence-corrected chi connectivity index (χ0v) is 16.6. The predicted molar refractivity (Wildman–Crippen MR) is 105 cm³/mol. The maximum atomic E-state index is 12.9. The van der Waals surface area contributed by atoms with Gasteiger partial charge in [0.1, 0.15) is 10.7 Å². The standard InChI is InChI=1S/C19H19FN4O4S/c1-23(11-17(25)21-14-9-7-13(20)8-10-14)18(26)12-24(2)19-15-5-3-4-6-16(15)29(27,28)22-19/h3-10H,11-12H2,1-2H3,(H,21,25). The summed E-state index contributed by atoms with van der Waals surface area (Å²) in [6, 6.07) is 11.6. The summed E-state index contributed by atoms with van der Waals surface area (Å²) in [6.07, 6.45) is 0. The van der Waals surface area contributed by atoms with Crippen LogP contribution in [0.3, 0.4) is 0 Å². The van der Waals surface area contributed by atoms with Gasteiger partial charge in [-0.2, -0.15) is 8.42 Å². The van der Waals surface area contributed by atoms with E-state index in [9.17, 15) is 22.4 Å². The highest BCUT2D eigenvalue weighted by molar-refractivity contribution is 7.90. The van der Waals surface area contributed by atoms with Gasteiger partial charge in [-0.1, -0.05) is 12.1 Å². The Balaban J connectivity index is 1.61. The largest absolute Gasteiger partial charge is 0.349 e. The van der Waals surface area contributed by atoms with Crippen molar-refractivity contribution in [2.45, 2.75) is 4.90 Å². The number of likely N-dealkylation sites (N-methyl/N-ethyl adjacent to an activating group) is 2. The summed E-state index contributed by atoms with van der Waals surface area (Å²) >= 11 is 0. The molecular formula is C19H19FN4O4S. The summed E-state index contributed by atoms with van der Waals surface area (Å²) in [5.41, 5.74) is 0.844. The Bertz CT molecular complexity index is 1080. The van der Waals surface area contributed by atoms with E-state index in [1.807, 2.05) is 0 Å². The lowest BCUT2D eigenvalue weighted by atomic mass is 10.2. The van der Waals surface area contributed by atoms with Gasteiger partial charge in [-0.05, 0) is 36.4 Å². The fourth-order valence-electron chi connectivity index (χ4n) is 2.80. The first-order valence-electron chi connectivity index (χ1n) is 8.62. The number of fused-ring (bicyclic) bond motifs is 1. The summed E-state index contributed by atoms with van der Waals surface area (Å²) in [5.74, 6) is -1.08. The monoisotopic (exact) mass is 418 g/mol. The highest BCUT2D eigenvalue weighted by Crippen LogP contribution is 2.26. The van der Waals surface area contributed by atoms with Crippen molar-refractivity contribution in [1.29, 1.82) is 0 Å². The molecule has 0 unspecified atom stereocenters. The quantitative estimate of drug-likeness (QED) is 0.789. The minimum absolute atomic E-state index is 0.0985. The molecule has 0 radical (unpaired) electrons. The maximum absolute atomic E-state index is 12.9. The van der Waals surface area contributed by atoms with Gasteiger partial charge in [-0.15, -0.1) is 4.40 Å². The molecule has 0 bridgehead atoms. The van der Waals surface area contributed by atoms with Gasteiger partial charge in [-0.3, -0.25) is 9.59 Å². The van der Waals surface area contributed by atoms with Crippen LogP contribution < -0.4 is 5.32 Å². The number of anilines is 1. The number of nitrogens with zero attached hydrogens (tertiary/aromatic N) is 3. The van der Waals surface area contributed by atoms with E-state index in [1.54, 1.807) is 25.2 Å². The van der Waals surface area contributed by atoms with Gasteiger partial charge in [-0.25, -0.2) is 4.39 Å². The molecule has 1 N–H and O–H groups in total. The van der Waals surface area contributed by atoms with Crippen molar-refractivity contribution >= 4 is 33.4 Å². The topological polar surface area (TPSA) is 99.2 Å². The molecule has 10 heteroatoms. The van der Waals surface area contributed by atoms with Crippen LogP contribution in [-0.2, 0) is 19.6 Å². The molecule has 1 heterocycles. The van der Waals surface area contributed by atoms with Crippen molar-refractivity contribution in [2.75, 3.05) is 32.5 Å². The Morgan fingerprint density at radius 3 is 2.38 bits per heavy atom. The number of carbonyl (C=O) groups excluding carboxylic acids is 2. The molecule has 29 heavy (non-hydrogen) atoms. The molecule has 3 rings (SSSR count). The lowest BCUT2D eigenvalue weighted by molar-refractivity contribution is -0.133. The van der Waals surface area contributed by atoms with Gasteiger partial charge in [0, 0.05) is 25.3 Å². The molecule has 1 aliphatic rings. The van der Waals surface area contributed by atoms with Gasteiger partial charge in [0.05, 0.1) is 13.1 Å². The second kappa shape index (κ2) is 8.00. The predicted octanol–water partition coefficient (Wildman–Crippen LogP) is 1.30. The number of hydrogen-bond acceptors (Lipinski definition) is 5. The molecule has 0 saturated heterocycles. The molecule has 0 atom stereocenters. The number of amides is 2. The van der Waals surface area contributed by atoms with Gasteiger partial charge in [0.2, 0.25) is 11.8 Å². The molecule has 2 amide bonds. The van der Waals surface area contributed by atoms with Gasteiger partial charge in [0.25, 0.3) is 10.0 Å². The fraction of sp³-hybridized carbons (Fsp3) is 0.211. The maximum Gasteiger partial charge on any atom is 0.285 e. The Morgan fingerprint density at radius 2 is 1.69 bits per heavy atom. The zero-order chi connectivity index (χ0) is 21.2. The molecule has 2 aromatic rings. The van der Waals surface area contributed by atoms with Crippen LogP contribution in [0.2, 0.25) is 0 Å². The Hall–Kier alpha value is -3.27. The molecule has 8 nitrogen and oxygen atoms in total. The first kappa shape index (κ1) is 20.5. The van der Waals surface area contributed by atoms with E-state index < -0.39 is 27.7 Å². The summed E-state index contributed by atoms with van der Waals surface area (Å²) in [4.78, 5) is 27.3. The Kier molecular flexibility index (Phi) is 5.64. The molecule has 0 saturated carbocycles. The molecule has 152 valence electrons. The number of hydrogen-bond donors (Lipinski definition) is 1. The van der Waals surface area contributed by atoms with E-state index >= 15 is 0 Å². The first-order valence-corrected chi connectivity index (χ1v) is 10.1. The third kappa shape index (κ3) is 4.60. The highest BCUT2D eigenvalue weighted by atomic mass is 32.2. The smallest absolute Gasteiger partial charge is 0.285 e. The van der Waals surface area contributed by atoms with E-state index in [4.69, 9.17) is 0 Å². The van der Waals surface area contributed by atoms with Crippen LogP contribution in [0.4, 0.5) is 10.1 Å². The highest BCUT2D eigenvalue weighted by Gasteiger charge is 2.31. The second-order valence-corrected chi connectivity index (χ2v) is 8.12. The summed E-state index contributed by atoms with van der Waals surface area (Å²) in [5, 5.41) is 2.57. The molecule has 0 aromatic heterocycles. The van der Waals surface area contributed by atoms with Crippen molar-refractivity contribution < 1.29 is 22.4 Å². The zero-order valence-electron chi connectivity index (χ0n) is 15.8. The van der Waals surface area contributed by atoms with Crippen molar-refractivity contribution in [3.63, 3.8) is 0 Å². The van der Waals surface area contributed by atoms with Crippen LogP contribution in [0.1, 0.15) is 5.56 Å². The molecule has 2 aromatic carbocycles. The minimum atomic E-state index is -3.78. The molecule has 1 aliphatic heterocycles. The van der Waals surface area contributed by atoms with Gasteiger partial charge in [0.15, 0.2) is 5.84 Å². The van der Waals surface area contributed by atoms with E-state index in [1.165, 1.54) is 47.2 Å². The number of halogens is 1. The molecular weight excluding hydrogens is 399 g/mol. The van der Waals surface area contributed by atoms with Crippen molar-refractivity contribution in [1.82, 2.24) is 9.80 Å². The number of carbonyl (C=O) groups is 2. The second-order valence-electron chi connectivity index (χ2n) is 6.55. The van der Waals surface area contributed by atoms with Crippen molar-refractivity contribution in [3.8, 4) is 0 Å². The van der Waals surface area contributed by atoms with Crippen molar-refractivity contribution in [2.24, 2.45) is 4.40 Å². The molecule has 0 spiro atoms. The Morgan fingerprint density at radius 1 is 1.03 bits per heavy atom. The lowest BCUT2D eigenvalue weighted by Crippen LogP contribution is -2.42. The van der Waals surface area contributed by atoms with Crippen molar-refractivity contribution in [3.05, 3.63) is 59.9 Å². The number of sulfonamides is 1. The number of benzene rings is 2. The average Bonchev–Trinajstić information content (AvgIpc) is 2.95. The normalized spacial score (nSPS) is 14.0. The Labute approximate surface area is 167 Å². The van der Waals surface area contributed by atoms with Gasteiger partial charge >= 0.3 is 0 Å². The van der Waals surface area contributed by atoms with Crippen LogP contribution in [0.15, 0.2) is 57.8 Å². The molecule has 0 aliphatic carbocycles. The van der Waals surface area contributed by atoms with Crippen LogP contribution in [0.5, 0.6) is 0 Å². The van der Waals surface area contributed by atoms with E-state index in [0.29, 0.717) is 11.3 Å². The van der Waals surface area contributed by atoms with Crippen LogP contribution in [0.25, 0.3) is 0 Å². The molecule has 0 fully saturated rings. The SMILES string of the molecule is CN(CC(=O)Nc1ccc(F)cc1)C(=O)CN(C)C1=NS(=O)(=O)c2ccccc21. The van der Waals surface area contributed by atoms with Crippen LogP contribution in [-0.4, -0.2) is 63.1 Å².